The summed E-state index contributed by atoms with van der Waals surface area (Å²) in [7, 11) is 21.4. The first-order valence-corrected chi connectivity index (χ1v) is 28.8. The fraction of sp³-hybridized carbons (Fsp3) is 1.00. The summed E-state index contributed by atoms with van der Waals surface area (Å²) < 4.78 is 0. The van der Waals surface area contributed by atoms with Gasteiger partial charge in [-0.1, -0.05) is 61.3 Å². The zero-order chi connectivity index (χ0) is 53.6. The van der Waals surface area contributed by atoms with E-state index >= 15 is 0 Å². The van der Waals surface area contributed by atoms with Gasteiger partial charge in [-0.15, -0.1) is 0 Å². The number of nitrogens with zero attached hydrogens (tertiary/aromatic N) is 10. The summed E-state index contributed by atoms with van der Waals surface area (Å²) in [5, 5.41) is 3.10. The van der Waals surface area contributed by atoms with Crippen LogP contribution in [0.15, 0.2) is 0 Å². The second kappa shape index (κ2) is 45.0. The van der Waals surface area contributed by atoms with Crippen LogP contribution in [0.5, 0.6) is 0 Å². The molecule has 0 atom stereocenters. The van der Waals surface area contributed by atoms with Gasteiger partial charge in [0.25, 0.3) is 0 Å². The number of piperidine rings is 2. The van der Waals surface area contributed by atoms with Gasteiger partial charge in [-0.3, -0.25) is 9.80 Å². The molecule has 0 radical (unpaired) electrons. The molecule has 4 aliphatic rings. The Morgan fingerprint density at radius 3 is 1.10 bits per heavy atom. The fourth-order valence-corrected chi connectivity index (χ4v) is 8.35. The van der Waals surface area contributed by atoms with Crippen LogP contribution in [0.2, 0.25) is 0 Å². The lowest BCUT2D eigenvalue weighted by molar-refractivity contribution is 0.0592. The van der Waals surface area contributed by atoms with Crippen LogP contribution < -0.4 is 5.32 Å². The molecule has 11 nitrogen and oxygen atoms in total. The van der Waals surface area contributed by atoms with Crippen molar-refractivity contribution < 1.29 is 0 Å². The highest BCUT2D eigenvalue weighted by molar-refractivity contribution is 4.84. The molecule has 4 aliphatic heterocycles. The van der Waals surface area contributed by atoms with Crippen molar-refractivity contribution in [2.75, 3.05) is 175 Å². The average molecular weight is 985 g/mol. The summed E-state index contributed by atoms with van der Waals surface area (Å²) in [6, 6.07) is 4.54. The SMILES string of the molecule is CC(C)CCN(C)C.CC(C)N(C)CCN(C)C.CC(C)N1CCC(N(C)C)CC1.CC(C)N1CCC(N2CCN(C)CC2)CC1.CC(C)N1CCN(C)CC1.CCCC(C)C.CNCCC(C)C. The van der Waals surface area contributed by atoms with Crippen LogP contribution in [0.25, 0.3) is 0 Å². The second-order valence-corrected chi connectivity index (χ2v) is 24.3. The van der Waals surface area contributed by atoms with Gasteiger partial charge in [0.15, 0.2) is 0 Å². The van der Waals surface area contributed by atoms with E-state index in [1.807, 2.05) is 7.05 Å². The Bertz CT molecular complexity index is 1010. The molecule has 0 bridgehead atoms. The minimum Gasteiger partial charge on any atom is -0.320 e. The minimum atomic E-state index is 0.667. The summed E-state index contributed by atoms with van der Waals surface area (Å²) in [6.45, 7) is 53.7. The maximum absolute atomic E-state index is 3.10. The molecule has 0 aromatic carbocycles. The third kappa shape index (κ3) is 44.7. The Labute approximate surface area is 437 Å². The predicted molar refractivity (Wildman–Crippen MR) is 314 cm³/mol. The summed E-state index contributed by atoms with van der Waals surface area (Å²) in [4.78, 5) is 24.4. The van der Waals surface area contributed by atoms with Gasteiger partial charge in [0.05, 0.1) is 0 Å². The van der Waals surface area contributed by atoms with Gasteiger partial charge in [0.1, 0.15) is 0 Å². The Balaban J connectivity index is -0.000000755. The van der Waals surface area contributed by atoms with E-state index in [1.54, 1.807) is 0 Å². The van der Waals surface area contributed by atoms with Crippen LogP contribution in [0.3, 0.4) is 0 Å². The molecule has 420 valence electrons. The lowest BCUT2D eigenvalue weighted by Crippen LogP contribution is -2.53. The third-order valence-corrected chi connectivity index (χ3v) is 14.3. The molecule has 4 saturated heterocycles. The quantitative estimate of drug-likeness (QED) is 0.152. The van der Waals surface area contributed by atoms with E-state index in [2.05, 4.69) is 222 Å². The average Bonchev–Trinajstić information content (AvgIpc) is 3.28. The number of piperazine rings is 2. The van der Waals surface area contributed by atoms with E-state index in [9.17, 15) is 0 Å². The van der Waals surface area contributed by atoms with E-state index in [0.29, 0.717) is 6.04 Å². The summed E-state index contributed by atoms with van der Waals surface area (Å²) in [6.07, 6.45) is 10.7. The van der Waals surface area contributed by atoms with Crippen molar-refractivity contribution in [3.63, 3.8) is 0 Å². The van der Waals surface area contributed by atoms with Gasteiger partial charge < -0.3 is 44.5 Å². The van der Waals surface area contributed by atoms with Gasteiger partial charge in [-0.05, 0) is 221 Å². The molecule has 0 aliphatic carbocycles. The van der Waals surface area contributed by atoms with Crippen LogP contribution in [0.4, 0.5) is 0 Å². The van der Waals surface area contributed by atoms with Crippen LogP contribution >= 0.6 is 0 Å². The number of nitrogens with one attached hydrogen (secondary N) is 1. The van der Waals surface area contributed by atoms with Crippen LogP contribution in [-0.4, -0.2) is 260 Å². The molecule has 4 heterocycles. The Morgan fingerprint density at radius 1 is 0.449 bits per heavy atom. The fourth-order valence-electron chi connectivity index (χ4n) is 8.35. The molecule has 0 aromatic rings. The number of rotatable bonds is 17. The number of hydrogen-bond acceptors (Lipinski definition) is 11. The molecule has 0 unspecified atom stereocenters. The monoisotopic (exact) mass is 984 g/mol. The number of hydrogen-bond donors (Lipinski definition) is 1. The van der Waals surface area contributed by atoms with Crippen LogP contribution in [-0.2, 0) is 0 Å². The number of likely N-dealkylation sites (N-methyl/N-ethyl adjacent to an activating group) is 4. The van der Waals surface area contributed by atoms with Crippen molar-refractivity contribution in [2.45, 2.75) is 191 Å². The second-order valence-electron chi connectivity index (χ2n) is 24.3. The van der Waals surface area contributed by atoms with Crippen molar-refractivity contribution in [2.24, 2.45) is 17.8 Å². The smallest absolute Gasteiger partial charge is 0.0121 e. The molecule has 4 fully saturated rings. The molecular formula is C58H133N11. The third-order valence-electron chi connectivity index (χ3n) is 14.3. The molecule has 4 rings (SSSR count). The first-order valence-electron chi connectivity index (χ1n) is 28.8. The van der Waals surface area contributed by atoms with Crippen molar-refractivity contribution in [1.29, 1.82) is 0 Å². The van der Waals surface area contributed by atoms with Crippen molar-refractivity contribution in [3.05, 3.63) is 0 Å². The number of likely N-dealkylation sites (tertiary alicyclic amines) is 2. The summed E-state index contributed by atoms with van der Waals surface area (Å²) in [5.74, 6) is 2.58. The van der Waals surface area contributed by atoms with Gasteiger partial charge >= 0.3 is 0 Å². The topological polar surface area (TPSA) is 44.4 Å². The standard InChI is InChI=1S/C13H27N3.C10H22N2.C8H18N2.C8H20N2.C7H17N.C6H15N.C6H14/c1-12(2)15-6-4-13(5-7-15)16-10-8-14(3)9-11-16;1-9(2)12-7-5-10(6-8-12)11(3)4;1-8(2)10-6-4-9(3)5-7-10;1-8(2)10(5)7-6-9(3)4;1-7(2)5-6-8(3)4;1-6(2)4-5-7-3;1-4-5-6(2)3/h12-13H,4-11H2,1-3H3;9-10H,5-8H2,1-4H3;8H,4-7H2,1-3H3;8H,6-7H2,1-5H3;7H,5-6H2,1-4H3;6-7H,4-5H2,1-3H3;6H,4-5H2,1-3H3. The van der Waals surface area contributed by atoms with Gasteiger partial charge in [-0.25, -0.2) is 0 Å². The molecule has 0 saturated carbocycles. The molecule has 0 spiro atoms. The normalized spacial score (nSPS) is 18.8. The molecule has 1 N–H and O–H groups in total. The first-order chi connectivity index (χ1) is 32.2. The van der Waals surface area contributed by atoms with E-state index in [0.717, 1.165) is 67.6 Å². The van der Waals surface area contributed by atoms with E-state index in [4.69, 9.17) is 0 Å². The Kier molecular flexibility index (Phi) is 47.5. The van der Waals surface area contributed by atoms with Gasteiger partial charge in [-0.2, -0.15) is 0 Å². The summed E-state index contributed by atoms with van der Waals surface area (Å²) in [5.41, 5.74) is 0. The Hall–Kier alpha value is -0.440. The van der Waals surface area contributed by atoms with E-state index in [1.165, 1.54) is 136 Å². The van der Waals surface area contributed by atoms with Gasteiger partial charge in [0.2, 0.25) is 0 Å². The zero-order valence-electron chi connectivity index (χ0n) is 52.1. The molecule has 69 heavy (non-hydrogen) atoms. The lowest BCUT2D eigenvalue weighted by Gasteiger charge is -2.43. The highest BCUT2D eigenvalue weighted by Gasteiger charge is 2.27. The zero-order valence-corrected chi connectivity index (χ0v) is 52.1. The Morgan fingerprint density at radius 2 is 0.826 bits per heavy atom. The molecule has 0 aromatic heterocycles. The maximum Gasteiger partial charge on any atom is 0.0121 e. The van der Waals surface area contributed by atoms with Gasteiger partial charge in [0, 0.05) is 102 Å². The van der Waals surface area contributed by atoms with Crippen LogP contribution in [0.1, 0.15) is 155 Å². The summed E-state index contributed by atoms with van der Waals surface area (Å²) >= 11 is 0. The van der Waals surface area contributed by atoms with E-state index < -0.39 is 0 Å². The lowest BCUT2D eigenvalue weighted by atomic mass is 10.0. The predicted octanol–water partition coefficient (Wildman–Crippen LogP) is 9.35. The molecule has 11 heteroatoms. The highest BCUT2D eigenvalue weighted by Crippen LogP contribution is 2.19. The highest BCUT2D eigenvalue weighted by atomic mass is 15.3. The van der Waals surface area contributed by atoms with Crippen molar-refractivity contribution >= 4 is 0 Å². The minimum absolute atomic E-state index is 0.667. The van der Waals surface area contributed by atoms with E-state index in [-0.39, 0.29) is 0 Å². The van der Waals surface area contributed by atoms with Crippen molar-refractivity contribution in [3.8, 4) is 0 Å². The van der Waals surface area contributed by atoms with Crippen LogP contribution in [0, 0.1) is 17.8 Å². The first kappa shape index (κ1) is 72.8. The molecule has 0 amide bonds. The van der Waals surface area contributed by atoms with Crippen molar-refractivity contribution in [1.82, 2.24) is 54.3 Å². The maximum atomic E-state index is 3.10. The molecular weight excluding hydrogens is 851 g/mol. The largest absolute Gasteiger partial charge is 0.320 e.